The second-order valence-electron chi connectivity index (χ2n) is 7.80. The summed E-state index contributed by atoms with van der Waals surface area (Å²) in [4.78, 5) is 20.1. The summed E-state index contributed by atoms with van der Waals surface area (Å²) in [6.45, 7) is 3.84. The average molecular weight is 412 g/mol. The van der Waals surface area contributed by atoms with Gasteiger partial charge in [0, 0.05) is 54.8 Å². The van der Waals surface area contributed by atoms with E-state index in [1.165, 1.54) is 0 Å². The third kappa shape index (κ3) is 4.02. The minimum atomic E-state index is 0.0244. The molecule has 0 atom stereocenters. The van der Waals surface area contributed by atoms with Crippen LogP contribution < -0.4 is 16.0 Å². The Kier molecular flexibility index (Phi) is 5.14. The molecule has 31 heavy (non-hydrogen) atoms. The van der Waals surface area contributed by atoms with Gasteiger partial charge >= 0.3 is 0 Å². The number of nitrogen functional groups attached to an aromatic ring is 1. The summed E-state index contributed by atoms with van der Waals surface area (Å²) < 4.78 is 5.47. The fraction of sp³-hybridized carbons (Fsp3) is 0.200. The van der Waals surface area contributed by atoms with Crippen molar-refractivity contribution in [1.29, 1.82) is 0 Å². The molecule has 0 saturated carbocycles. The molecule has 0 radical (unpaired) electrons. The first-order chi connectivity index (χ1) is 15.2. The van der Waals surface area contributed by atoms with Gasteiger partial charge in [-0.3, -0.25) is 4.79 Å². The Hall–Kier alpha value is -3.64. The van der Waals surface area contributed by atoms with Gasteiger partial charge in [0.2, 0.25) is 0 Å². The van der Waals surface area contributed by atoms with Gasteiger partial charge < -0.3 is 20.4 Å². The maximum absolute atomic E-state index is 13.0. The Balaban J connectivity index is 1.38. The number of carbonyl (C=O) groups excluding carboxylic acids is 1. The van der Waals surface area contributed by atoms with E-state index in [0.717, 1.165) is 59.8 Å². The van der Waals surface area contributed by atoms with E-state index in [1.807, 2.05) is 60.7 Å². The van der Waals surface area contributed by atoms with Gasteiger partial charge in [0.25, 0.3) is 0 Å². The van der Waals surface area contributed by atoms with Gasteiger partial charge in [0.05, 0.1) is 11.8 Å². The number of furan rings is 1. The fourth-order valence-electron chi connectivity index (χ4n) is 3.99. The number of ketones is 1. The lowest BCUT2D eigenvalue weighted by molar-refractivity contribution is 0.0993. The Morgan fingerprint density at radius 1 is 1.06 bits per heavy atom. The summed E-state index contributed by atoms with van der Waals surface area (Å²) in [5, 5.41) is 4.32. The predicted octanol–water partition coefficient (Wildman–Crippen LogP) is 3.91. The molecule has 4 aromatic rings. The molecule has 1 fully saturated rings. The van der Waals surface area contributed by atoms with E-state index in [4.69, 9.17) is 15.1 Å². The average Bonchev–Trinajstić information content (AvgIpc) is 3.35. The second kappa shape index (κ2) is 8.24. The first-order valence-corrected chi connectivity index (χ1v) is 10.5. The standard InChI is InChI=1S/C25H24N4O2/c26-21-6-3-19(24-2-1-13-31-24)15-20(21)16-23(30)18-4-7-22-17(14-18)5-8-25(28-22)29-11-9-27-10-12-29/h1-8,13-15,27H,9-12,16,26H2. The van der Waals surface area contributed by atoms with E-state index >= 15 is 0 Å². The zero-order chi connectivity index (χ0) is 21.2. The SMILES string of the molecule is Nc1ccc(-c2ccco2)cc1CC(=O)c1ccc2nc(N3CCNCC3)ccc2c1. The van der Waals surface area contributed by atoms with Crippen molar-refractivity contribution in [2.75, 3.05) is 36.8 Å². The van der Waals surface area contributed by atoms with Crippen LogP contribution in [-0.4, -0.2) is 36.9 Å². The van der Waals surface area contributed by atoms with Crippen molar-refractivity contribution in [1.82, 2.24) is 10.3 Å². The molecule has 5 rings (SSSR count). The lowest BCUT2D eigenvalue weighted by Gasteiger charge is -2.28. The van der Waals surface area contributed by atoms with E-state index in [0.29, 0.717) is 11.3 Å². The summed E-state index contributed by atoms with van der Waals surface area (Å²) >= 11 is 0. The molecule has 1 saturated heterocycles. The van der Waals surface area contributed by atoms with Crippen LogP contribution in [0.5, 0.6) is 0 Å². The first-order valence-electron chi connectivity index (χ1n) is 10.5. The predicted molar refractivity (Wildman–Crippen MR) is 123 cm³/mol. The number of carbonyl (C=O) groups is 1. The van der Waals surface area contributed by atoms with Crippen LogP contribution in [-0.2, 0) is 6.42 Å². The van der Waals surface area contributed by atoms with Gasteiger partial charge in [0.1, 0.15) is 11.6 Å². The van der Waals surface area contributed by atoms with Gasteiger partial charge in [-0.2, -0.15) is 0 Å². The van der Waals surface area contributed by atoms with E-state index < -0.39 is 0 Å². The molecule has 6 heteroatoms. The molecule has 3 N–H and O–H groups in total. The molecule has 0 aliphatic carbocycles. The minimum absolute atomic E-state index is 0.0244. The third-order valence-corrected chi connectivity index (χ3v) is 5.74. The topological polar surface area (TPSA) is 84.4 Å². The van der Waals surface area contributed by atoms with Gasteiger partial charge in [-0.1, -0.05) is 0 Å². The fourth-order valence-corrected chi connectivity index (χ4v) is 3.99. The third-order valence-electron chi connectivity index (χ3n) is 5.74. The Morgan fingerprint density at radius 2 is 1.94 bits per heavy atom. The highest BCUT2D eigenvalue weighted by molar-refractivity contribution is 6.01. The number of aromatic nitrogens is 1. The maximum atomic E-state index is 13.0. The molecule has 1 aliphatic rings. The highest BCUT2D eigenvalue weighted by Crippen LogP contribution is 2.26. The van der Waals surface area contributed by atoms with Crippen molar-refractivity contribution < 1.29 is 9.21 Å². The van der Waals surface area contributed by atoms with Crippen LogP contribution in [0.3, 0.4) is 0 Å². The number of Topliss-reactive ketones (excluding diaryl/α,β-unsaturated/α-hetero) is 1. The molecule has 2 aromatic carbocycles. The molecule has 0 unspecified atom stereocenters. The zero-order valence-corrected chi connectivity index (χ0v) is 17.2. The van der Waals surface area contributed by atoms with Crippen LogP contribution in [0.2, 0.25) is 0 Å². The number of benzene rings is 2. The van der Waals surface area contributed by atoms with Crippen molar-refractivity contribution in [3.8, 4) is 11.3 Å². The van der Waals surface area contributed by atoms with E-state index in [-0.39, 0.29) is 12.2 Å². The van der Waals surface area contributed by atoms with Crippen molar-refractivity contribution in [2.45, 2.75) is 6.42 Å². The highest BCUT2D eigenvalue weighted by Gasteiger charge is 2.14. The largest absolute Gasteiger partial charge is 0.464 e. The maximum Gasteiger partial charge on any atom is 0.167 e. The second-order valence-corrected chi connectivity index (χ2v) is 7.80. The molecular weight excluding hydrogens is 388 g/mol. The quantitative estimate of drug-likeness (QED) is 0.382. The van der Waals surface area contributed by atoms with Gasteiger partial charge in [-0.25, -0.2) is 4.98 Å². The molecule has 0 spiro atoms. The van der Waals surface area contributed by atoms with Gasteiger partial charge in [-0.05, 0) is 66.2 Å². The zero-order valence-electron chi connectivity index (χ0n) is 17.2. The molecule has 0 amide bonds. The monoisotopic (exact) mass is 412 g/mol. The van der Waals surface area contributed by atoms with Crippen LogP contribution in [0.25, 0.3) is 22.2 Å². The number of fused-ring (bicyclic) bond motifs is 1. The van der Waals surface area contributed by atoms with Crippen LogP contribution in [0.4, 0.5) is 11.5 Å². The summed E-state index contributed by atoms with van der Waals surface area (Å²) in [6.07, 6.45) is 1.87. The van der Waals surface area contributed by atoms with Crippen molar-refractivity contribution in [3.63, 3.8) is 0 Å². The number of pyridine rings is 1. The number of hydrogen-bond acceptors (Lipinski definition) is 6. The molecule has 2 aromatic heterocycles. The minimum Gasteiger partial charge on any atom is -0.464 e. The number of rotatable bonds is 5. The smallest absolute Gasteiger partial charge is 0.167 e. The number of hydrogen-bond donors (Lipinski definition) is 2. The van der Waals surface area contributed by atoms with Crippen molar-refractivity contribution in [3.05, 3.63) is 78.1 Å². The van der Waals surface area contributed by atoms with Crippen LogP contribution in [0.15, 0.2) is 71.3 Å². The highest BCUT2D eigenvalue weighted by atomic mass is 16.3. The van der Waals surface area contributed by atoms with Crippen molar-refractivity contribution in [2.24, 2.45) is 0 Å². The Morgan fingerprint density at radius 3 is 2.74 bits per heavy atom. The lowest BCUT2D eigenvalue weighted by Crippen LogP contribution is -2.43. The van der Waals surface area contributed by atoms with E-state index in [9.17, 15) is 4.79 Å². The number of nitrogens with zero attached hydrogens (tertiary/aromatic N) is 2. The molecule has 3 heterocycles. The molecular formula is C25H24N4O2. The number of piperazine rings is 1. The summed E-state index contributed by atoms with van der Waals surface area (Å²) in [7, 11) is 0. The normalized spacial score (nSPS) is 14.1. The Labute approximate surface area is 180 Å². The van der Waals surface area contributed by atoms with Crippen LogP contribution >= 0.6 is 0 Å². The number of nitrogens with two attached hydrogens (primary N) is 1. The van der Waals surface area contributed by atoms with Crippen LogP contribution in [0, 0.1) is 0 Å². The van der Waals surface area contributed by atoms with Crippen molar-refractivity contribution >= 4 is 28.2 Å². The van der Waals surface area contributed by atoms with E-state index in [2.05, 4.69) is 10.2 Å². The van der Waals surface area contributed by atoms with E-state index in [1.54, 1.807) is 6.26 Å². The van der Waals surface area contributed by atoms with Gasteiger partial charge in [0.15, 0.2) is 5.78 Å². The molecule has 6 nitrogen and oxygen atoms in total. The Bertz CT molecular complexity index is 1230. The summed E-state index contributed by atoms with van der Waals surface area (Å²) in [5.41, 5.74) is 10.0. The molecule has 1 aliphatic heterocycles. The number of anilines is 2. The van der Waals surface area contributed by atoms with Gasteiger partial charge in [-0.15, -0.1) is 0 Å². The summed E-state index contributed by atoms with van der Waals surface area (Å²) in [6, 6.07) is 19.2. The first kappa shape index (κ1) is 19.3. The van der Waals surface area contributed by atoms with Crippen LogP contribution in [0.1, 0.15) is 15.9 Å². The molecule has 156 valence electrons. The molecule has 0 bridgehead atoms. The lowest BCUT2D eigenvalue weighted by atomic mass is 9.98. The summed E-state index contributed by atoms with van der Waals surface area (Å²) in [5.74, 6) is 1.76. The number of nitrogens with one attached hydrogen (secondary N) is 1.